The maximum absolute atomic E-state index is 12.1. The van der Waals surface area contributed by atoms with Gasteiger partial charge in [0.15, 0.2) is 0 Å². The van der Waals surface area contributed by atoms with Gasteiger partial charge in [0, 0.05) is 0 Å². The number of rotatable bonds is 8. The molecule has 1 unspecified atom stereocenters. The van der Waals surface area contributed by atoms with Crippen LogP contribution in [0.15, 0.2) is 24.3 Å². The Morgan fingerprint density at radius 3 is 2.04 bits per heavy atom. The van der Waals surface area contributed by atoms with Crippen molar-refractivity contribution in [2.24, 2.45) is 5.41 Å². The van der Waals surface area contributed by atoms with Crippen LogP contribution in [0.1, 0.15) is 81.0 Å². The highest BCUT2D eigenvalue weighted by Crippen LogP contribution is 2.22. The molecule has 0 aromatic heterocycles. The van der Waals surface area contributed by atoms with Crippen molar-refractivity contribution in [3.63, 3.8) is 0 Å². The van der Waals surface area contributed by atoms with Crippen LogP contribution in [0.4, 0.5) is 0 Å². The molecule has 0 aliphatic rings. The zero-order valence-electron chi connectivity index (χ0n) is 15.6. The van der Waals surface area contributed by atoms with Crippen LogP contribution in [0.2, 0.25) is 0 Å². The molecule has 0 aliphatic heterocycles. The Kier molecular flexibility index (Phi) is 7.96. The molecule has 0 saturated heterocycles. The number of carbonyl (C=O) groups excluding carboxylic acids is 2. The third-order valence-electron chi connectivity index (χ3n) is 3.55. The zero-order chi connectivity index (χ0) is 18.2. The van der Waals surface area contributed by atoms with Crippen molar-refractivity contribution >= 4 is 11.9 Å². The third-order valence-corrected chi connectivity index (χ3v) is 3.55. The van der Waals surface area contributed by atoms with E-state index in [1.54, 1.807) is 24.3 Å². The van der Waals surface area contributed by atoms with Gasteiger partial charge in [-0.3, -0.25) is 0 Å². The topological polar surface area (TPSA) is 52.6 Å². The Labute approximate surface area is 145 Å². The molecule has 0 fully saturated rings. The van der Waals surface area contributed by atoms with Crippen LogP contribution >= 0.6 is 0 Å². The predicted molar refractivity (Wildman–Crippen MR) is 95.2 cm³/mol. The predicted octanol–water partition coefficient (Wildman–Crippen LogP) is 5.02. The first kappa shape index (κ1) is 20.2. The van der Waals surface area contributed by atoms with E-state index >= 15 is 0 Å². The maximum atomic E-state index is 12.1. The molecule has 134 valence electrons. The van der Waals surface area contributed by atoms with Gasteiger partial charge in [0.2, 0.25) is 0 Å². The Balaban J connectivity index is 2.54. The number of hydrogen-bond donors (Lipinski definition) is 0. The molecule has 1 rings (SSSR count). The highest BCUT2D eigenvalue weighted by molar-refractivity contribution is 5.93. The normalized spacial score (nSPS) is 12.5. The van der Waals surface area contributed by atoms with E-state index in [1.807, 2.05) is 6.92 Å². The summed E-state index contributed by atoms with van der Waals surface area (Å²) in [7, 11) is 0. The quantitative estimate of drug-likeness (QED) is 0.495. The molecule has 1 aromatic rings. The smallest absolute Gasteiger partial charge is 0.338 e. The summed E-state index contributed by atoms with van der Waals surface area (Å²) in [6.07, 6.45) is 3.65. The first-order valence-corrected chi connectivity index (χ1v) is 8.71. The number of hydrogen-bond acceptors (Lipinski definition) is 4. The maximum Gasteiger partial charge on any atom is 0.338 e. The average molecular weight is 334 g/mol. The minimum absolute atomic E-state index is 0.102. The summed E-state index contributed by atoms with van der Waals surface area (Å²) in [5.41, 5.74) is 0.995. The van der Waals surface area contributed by atoms with E-state index < -0.39 is 0 Å². The van der Waals surface area contributed by atoms with Crippen molar-refractivity contribution in [2.45, 2.75) is 66.4 Å². The second-order valence-electron chi connectivity index (χ2n) is 7.40. The Bertz CT molecular complexity index is 526. The monoisotopic (exact) mass is 334 g/mol. The standard InChI is InChI=1S/C20H30O4/c1-6-7-8-13-23-18(21)16-9-11-17(12-10-16)19(22)24-15(2)14-20(3,4)5/h9-12,15H,6-8,13-14H2,1-5H3. The number of unbranched alkanes of at least 4 members (excludes halogenated alkanes) is 2. The van der Waals surface area contributed by atoms with Crippen molar-refractivity contribution in [3.05, 3.63) is 35.4 Å². The Morgan fingerprint density at radius 2 is 1.54 bits per heavy atom. The minimum Gasteiger partial charge on any atom is -0.462 e. The van der Waals surface area contributed by atoms with Crippen LogP contribution in [0.5, 0.6) is 0 Å². The van der Waals surface area contributed by atoms with Crippen LogP contribution in [-0.2, 0) is 9.47 Å². The Hall–Kier alpha value is -1.84. The third kappa shape index (κ3) is 7.62. The second-order valence-corrected chi connectivity index (χ2v) is 7.40. The molecular weight excluding hydrogens is 304 g/mol. The van der Waals surface area contributed by atoms with E-state index in [0.29, 0.717) is 17.7 Å². The summed E-state index contributed by atoms with van der Waals surface area (Å²) in [5, 5.41) is 0. The van der Waals surface area contributed by atoms with E-state index in [4.69, 9.17) is 9.47 Å². The molecule has 1 atom stereocenters. The summed E-state index contributed by atoms with van der Waals surface area (Å²) >= 11 is 0. The largest absolute Gasteiger partial charge is 0.462 e. The minimum atomic E-state index is -0.366. The lowest BCUT2D eigenvalue weighted by Crippen LogP contribution is -2.21. The number of ether oxygens (including phenoxy) is 2. The van der Waals surface area contributed by atoms with Gasteiger partial charge in [0.05, 0.1) is 23.8 Å². The van der Waals surface area contributed by atoms with Gasteiger partial charge in [0.1, 0.15) is 0 Å². The molecule has 0 spiro atoms. The lowest BCUT2D eigenvalue weighted by Gasteiger charge is -2.23. The summed E-state index contributed by atoms with van der Waals surface area (Å²) in [6.45, 7) is 10.8. The van der Waals surface area contributed by atoms with Crippen molar-refractivity contribution in [1.82, 2.24) is 0 Å². The summed E-state index contributed by atoms with van der Waals surface area (Å²) in [5.74, 6) is -0.721. The first-order chi connectivity index (χ1) is 11.2. The van der Waals surface area contributed by atoms with Crippen LogP contribution in [0, 0.1) is 5.41 Å². The van der Waals surface area contributed by atoms with Crippen molar-refractivity contribution in [1.29, 1.82) is 0 Å². The van der Waals surface area contributed by atoms with Crippen LogP contribution < -0.4 is 0 Å². The fourth-order valence-corrected chi connectivity index (χ4v) is 2.50. The van der Waals surface area contributed by atoms with Gasteiger partial charge in [-0.25, -0.2) is 9.59 Å². The van der Waals surface area contributed by atoms with E-state index in [2.05, 4.69) is 27.7 Å². The van der Waals surface area contributed by atoms with Crippen molar-refractivity contribution in [3.8, 4) is 0 Å². The van der Waals surface area contributed by atoms with Gasteiger partial charge < -0.3 is 9.47 Å². The zero-order valence-corrected chi connectivity index (χ0v) is 15.6. The average Bonchev–Trinajstić information content (AvgIpc) is 2.49. The molecule has 0 N–H and O–H groups in total. The fraction of sp³-hybridized carbons (Fsp3) is 0.600. The molecular formula is C20H30O4. The summed E-state index contributed by atoms with van der Waals surface area (Å²) < 4.78 is 10.6. The van der Waals surface area contributed by atoms with Gasteiger partial charge in [-0.15, -0.1) is 0 Å². The Morgan fingerprint density at radius 1 is 1.00 bits per heavy atom. The molecule has 0 saturated carbocycles. The highest BCUT2D eigenvalue weighted by Gasteiger charge is 2.19. The molecule has 4 nitrogen and oxygen atoms in total. The molecule has 1 aromatic carbocycles. The lowest BCUT2D eigenvalue weighted by atomic mass is 9.90. The summed E-state index contributed by atoms with van der Waals surface area (Å²) in [6, 6.07) is 6.42. The molecule has 0 radical (unpaired) electrons. The van der Waals surface area contributed by atoms with Gasteiger partial charge in [-0.2, -0.15) is 0 Å². The van der Waals surface area contributed by atoms with Gasteiger partial charge in [0.25, 0.3) is 0 Å². The number of carbonyl (C=O) groups is 2. The van der Waals surface area contributed by atoms with E-state index in [-0.39, 0.29) is 23.5 Å². The van der Waals surface area contributed by atoms with Gasteiger partial charge in [-0.1, -0.05) is 40.5 Å². The fourth-order valence-electron chi connectivity index (χ4n) is 2.50. The van der Waals surface area contributed by atoms with Gasteiger partial charge in [-0.05, 0) is 49.4 Å². The van der Waals surface area contributed by atoms with Crippen LogP contribution in [0.3, 0.4) is 0 Å². The summed E-state index contributed by atoms with van der Waals surface area (Å²) in [4.78, 5) is 24.0. The van der Waals surface area contributed by atoms with Crippen LogP contribution in [0.25, 0.3) is 0 Å². The molecule has 24 heavy (non-hydrogen) atoms. The molecule has 0 bridgehead atoms. The molecule has 0 amide bonds. The second kappa shape index (κ2) is 9.45. The lowest BCUT2D eigenvalue weighted by molar-refractivity contribution is 0.0252. The number of esters is 2. The van der Waals surface area contributed by atoms with Crippen molar-refractivity contribution in [2.75, 3.05) is 6.61 Å². The van der Waals surface area contributed by atoms with E-state index in [1.165, 1.54) is 0 Å². The molecule has 0 heterocycles. The number of benzene rings is 1. The molecule has 4 heteroatoms. The van der Waals surface area contributed by atoms with Crippen molar-refractivity contribution < 1.29 is 19.1 Å². The van der Waals surface area contributed by atoms with E-state index in [9.17, 15) is 9.59 Å². The van der Waals surface area contributed by atoms with Crippen LogP contribution in [-0.4, -0.2) is 24.6 Å². The SMILES string of the molecule is CCCCCOC(=O)c1ccc(C(=O)OC(C)CC(C)(C)C)cc1. The first-order valence-electron chi connectivity index (χ1n) is 8.71. The molecule has 0 aliphatic carbocycles. The highest BCUT2D eigenvalue weighted by atomic mass is 16.5. The van der Waals surface area contributed by atoms with E-state index in [0.717, 1.165) is 25.7 Å². The van der Waals surface area contributed by atoms with Gasteiger partial charge >= 0.3 is 11.9 Å².